The quantitative estimate of drug-likeness (QED) is 0.818. The van der Waals surface area contributed by atoms with Gasteiger partial charge in [0.15, 0.2) is 5.43 Å². The fraction of sp³-hybridized carbons (Fsp3) is 0.438. The van der Waals surface area contributed by atoms with E-state index in [2.05, 4.69) is 39.6 Å². The molecule has 0 unspecified atom stereocenters. The normalized spacial score (nSPS) is 12.9. The summed E-state index contributed by atoms with van der Waals surface area (Å²) in [6.45, 7) is 10.8. The highest BCUT2D eigenvalue weighted by molar-refractivity contribution is 6.31. The fourth-order valence-corrected chi connectivity index (χ4v) is 2.13. The van der Waals surface area contributed by atoms with Gasteiger partial charge in [-0.25, -0.2) is 0 Å². The van der Waals surface area contributed by atoms with Crippen molar-refractivity contribution in [2.24, 2.45) is 5.41 Å². The molecule has 0 radical (unpaired) electrons. The molecule has 2 aromatic rings. The van der Waals surface area contributed by atoms with Gasteiger partial charge in [-0.3, -0.25) is 4.79 Å². The Bertz CT molecular complexity index is 677. The first-order valence-corrected chi connectivity index (χ1v) is 6.84. The lowest BCUT2D eigenvalue weighted by Gasteiger charge is -2.39. The molecule has 0 bridgehead atoms. The van der Waals surface area contributed by atoms with Gasteiger partial charge in [0.2, 0.25) is 0 Å². The molecule has 0 aliphatic rings. The molecule has 0 fully saturated rings. The maximum Gasteiger partial charge on any atom is 0.189 e. The molecule has 0 aliphatic heterocycles. The van der Waals surface area contributed by atoms with E-state index >= 15 is 0 Å². The van der Waals surface area contributed by atoms with Gasteiger partial charge in [0.1, 0.15) is 0 Å². The molecule has 1 aromatic carbocycles. The molecular formula is C16H20ClNO. The molecule has 19 heavy (non-hydrogen) atoms. The lowest BCUT2D eigenvalue weighted by Crippen LogP contribution is -2.35. The van der Waals surface area contributed by atoms with Gasteiger partial charge in [0.25, 0.3) is 0 Å². The molecule has 1 N–H and O–H groups in total. The van der Waals surface area contributed by atoms with Gasteiger partial charge in [-0.2, -0.15) is 0 Å². The Morgan fingerprint density at radius 2 is 1.68 bits per heavy atom. The molecule has 0 spiro atoms. The number of pyridine rings is 1. The van der Waals surface area contributed by atoms with Crippen molar-refractivity contribution >= 4 is 22.5 Å². The van der Waals surface area contributed by atoms with E-state index in [1.807, 2.05) is 6.07 Å². The van der Waals surface area contributed by atoms with Crippen molar-refractivity contribution in [3.8, 4) is 0 Å². The average molecular weight is 278 g/mol. The number of aromatic nitrogens is 1. The smallest absolute Gasteiger partial charge is 0.189 e. The van der Waals surface area contributed by atoms with E-state index in [9.17, 15) is 4.79 Å². The Hall–Kier alpha value is -1.28. The minimum atomic E-state index is -0.125. The van der Waals surface area contributed by atoms with Gasteiger partial charge < -0.3 is 4.98 Å². The third-order valence-corrected chi connectivity index (χ3v) is 4.58. The summed E-state index contributed by atoms with van der Waals surface area (Å²) < 4.78 is 0. The zero-order valence-corrected chi connectivity index (χ0v) is 12.9. The number of benzene rings is 1. The molecule has 102 valence electrons. The van der Waals surface area contributed by atoms with Crippen molar-refractivity contribution in [3.63, 3.8) is 0 Å². The second kappa shape index (κ2) is 4.38. The van der Waals surface area contributed by atoms with Crippen molar-refractivity contribution in [2.45, 2.75) is 40.0 Å². The third-order valence-electron chi connectivity index (χ3n) is 4.34. The van der Waals surface area contributed by atoms with Gasteiger partial charge in [-0.15, -0.1) is 0 Å². The summed E-state index contributed by atoms with van der Waals surface area (Å²) in [5, 5.41) is 1.22. The Labute approximate surface area is 118 Å². The van der Waals surface area contributed by atoms with Crippen molar-refractivity contribution in [1.29, 1.82) is 0 Å². The largest absolute Gasteiger partial charge is 0.358 e. The molecule has 0 amide bonds. The predicted octanol–water partition coefficient (Wildman–Crippen LogP) is 4.51. The maximum absolute atomic E-state index is 12.2. The summed E-state index contributed by atoms with van der Waals surface area (Å²) in [4.78, 5) is 15.6. The van der Waals surface area contributed by atoms with Crippen molar-refractivity contribution in [2.75, 3.05) is 0 Å². The molecule has 2 nitrogen and oxygen atoms in total. The first-order chi connectivity index (χ1) is 8.63. The van der Waals surface area contributed by atoms with Gasteiger partial charge in [0.05, 0.1) is 0 Å². The molecule has 1 heterocycles. The van der Waals surface area contributed by atoms with E-state index in [1.54, 1.807) is 18.2 Å². The average Bonchev–Trinajstić information content (AvgIpc) is 2.28. The van der Waals surface area contributed by atoms with Gasteiger partial charge in [-0.05, 0) is 23.6 Å². The molecule has 3 heteroatoms. The van der Waals surface area contributed by atoms with Crippen molar-refractivity contribution in [3.05, 3.63) is 45.2 Å². The summed E-state index contributed by atoms with van der Waals surface area (Å²) in [6, 6.07) is 7.07. The summed E-state index contributed by atoms with van der Waals surface area (Å²) in [5.74, 6) is 0. The van der Waals surface area contributed by atoms with Crippen LogP contribution in [0.2, 0.25) is 5.02 Å². The standard InChI is InChI=1S/C16H20ClNO/c1-15(2,3)16(4,5)14-9-13(19)11-8-10(17)6-7-12(11)18-14/h6-9H,1-5H3,(H,18,19). The van der Waals surface area contributed by atoms with Crippen LogP contribution in [0.4, 0.5) is 0 Å². The first-order valence-electron chi connectivity index (χ1n) is 6.46. The van der Waals surface area contributed by atoms with Crippen LogP contribution < -0.4 is 5.43 Å². The summed E-state index contributed by atoms with van der Waals surface area (Å²) in [5.41, 5.74) is 1.74. The number of hydrogen-bond donors (Lipinski definition) is 1. The highest BCUT2D eigenvalue weighted by Crippen LogP contribution is 2.39. The molecular weight excluding hydrogens is 258 g/mol. The van der Waals surface area contributed by atoms with E-state index in [4.69, 9.17) is 11.6 Å². The van der Waals surface area contributed by atoms with Crippen molar-refractivity contribution in [1.82, 2.24) is 4.98 Å². The molecule has 0 aliphatic carbocycles. The van der Waals surface area contributed by atoms with Crippen LogP contribution >= 0.6 is 11.6 Å². The zero-order valence-electron chi connectivity index (χ0n) is 12.1. The van der Waals surface area contributed by atoms with Crippen LogP contribution in [0.1, 0.15) is 40.3 Å². The van der Waals surface area contributed by atoms with Gasteiger partial charge >= 0.3 is 0 Å². The number of rotatable bonds is 1. The number of fused-ring (bicyclic) bond motifs is 1. The minimum Gasteiger partial charge on any atom is -0.358 e. The van der Waals surface area contributed by atoms with Crippen molar-refractivity contribution < 1.29 is 0 Å². The lowest BCUT2D eigenvalue weighted by atomic mass is 9.67. The highest BCUT2D eigenvalue weighted by Gasteiger charge is 2.35. The van der Waals surface area contributed by atoms with E-state index in [0.29, 0.717) is 10.4 Å². The second-order valence-electron chi connectivity index (χ2n) is 6.61. The summed E-state index contributed by atoms with van der Waals surface area (Å²) in [7, 11) is 0. The maximum atomic E-state index is 12.2. The molecule has 0 saturated carbocycles. The minimum absolute atomic E-state index is 0.0172. The first kappa shape index (κ1) is 14.1. The number of aromatic amines is 1. The zero-order chi connectivity index (χ0) is 14.4. The number of nitrogens with one attached hydrogen (secondary N) is 1. The van der Waals surface area contributed by atoms with Crippen LogP contribution in [-0.4, -0.2) is 4.98 Å². The second-order valence-corrected chi connectivity index (χ2v) is 7.05. The monoisotopic (exact) mass is 277 g/mol. The topological polar surface area (TPSA) is 32.9 Å². The van der Waals surface area contributed by atoms with E-state index in [-0.39, 0.29) is 16.3 Å². The van der Waals surface area contributed by atoms with Crippen LogP contribution in [0.3, 0.4) is 0 Å². The highest BCUT2D eigenvalue weighted by atomic mass is 35.5. The predicted molar refractivity (Wildman–Crippen MR) is 82.1 cm³/mol. The molecule has 2 rings (SSSR count). The molecule has 0 atom stereocenters. The van der Waals surface area contributed by atoms with E-state index in [0.717, 1.165) is 11.2 Å². The van der Waals surface area contributed by atoms with E-state index < -0.39 is 0 Å². The number of hydrogen-bond acceptors (Lipinski definition) is 1. The van der Waals surface area contributed by atoms with E-state index in [1.165, 1.54) is 0 Å². The van der Waals surface area contributed by atoms with Gasteiger partial charge in [0, 0.05) is 33.1 Å². The summed E-state index contributed by atoms with van der Waals surface area (Å²) >= 11 is 5.94. The van der Waals surface area contributed by atoms with Crippen LogP contribution in [0.25, 0.3) is 10.9 Å². The fourth-order valence-electron chi connectivity index (χ4n) is 1.96. The molecule has 1 aromatic heterocycles. The van der Waals surface area contributed by atoms with Gasteiger partial charge in [-0.1, -0.05) is 46.2 Å². The Morgan fingerprint density at radius 3 is 2.26 bits per heavy atom. The lowest BCUT2D eigenvalue weighted by molar-refractivity contribution is 0.220. The van der Waals surface area contributed by atoms with Crippen LogP contribution in [0, 0.1) is 5.41 Å². The Kier molecular flexibility index (Phi) is 3.26. The number of halogens is 1. The SMILES string of the molecule is CC(C)(C)C(C)(C)c1cc(=O)c2cc(Cl)ccc2[nH]1. The Morgan fingerprint density at radius 1 is 1.05 bits per heavy atom. The summed E-state index contributed by atoms with van der Waals surface area (Å²) in [6.07, 6.45) is 0. The molecule has 0 saturated heterocycles. The number of H-pyrrole nitrogens is 1. The van der Waals surface area contributed by atoms with Crippen LogP contribution in [0.15, 0.2) is 29.1 Å². The van der Waals surface area contributed by atoms with Crippen LogP contribution in [0.5, 0.6) is 0 Å². The van der Waals surface area contributed by atoms with Crippen LogP contribution in [-0.2, 0) is 5.41 Å². The third kappa shape index (κ3) is 2.42. The Balaban J connectivity index is 2.72.